The zero-order chi connectivity index (χ0) is 12.4. The second-order valence-electron chi connectivity index (χ2n) is 3.92. The third kappa shape index (κ3) is 2.55. The molecule has 5 heteroatoms. The van der Waals surface area contributed by atoms with Crippen molar-refractivity contribution in [1.82, 2.24) is 9.55 Å². The van der Waals surface area contributed by atoms with Crippen LogP contribution in [0.3, 0.4) is 0 Å². The summed E-state index contributed by atoms with van der Waals surface area (Å²) in [5.41, 5.74) is -0.115. The summed E-state index contributed by atoms with van der Waals surface area (Å²) >= 11 is 1.69. The number of aryl methyl sites for hydroxylation is 2. The zero-order valence-electron chi connectivity index (χ0n) is 9.82. The van der Waals surface area contributed by atoms with Gasteiger partial charge in [-0.15, -0.1) is 11.3 Å². The molecule has 0 saturated heterocycles. The number of hydrogen-bond donors (Lipinski definition) is 1. The minimum atomic E-state index is -0.355. The maximum absolute atomic E-state index is 11.6. The van der Waals surface area contributed by atoms with Gasteiger partial charge in [0.15, 0.2) is 0 Å². The van der Waals surface area contributed by atoms with Crippen LogP contribution in [0.25, 0.3) is 0 Å². The SMILES string of the molecule is CCc1ccc(Cn2cc(C)c(=O)[nH]c2=O)s1. The van der Waals surface area contributed by atoms with Gasteiger partial charge in [0.05, 0.1) is 6.54 Å². The molecule has 0 fully saturated rings. The maximum atomic E-state index is 11.6. The van der Waals surface area contributed by atoms with Crippen molar-refractivity contribution >= 4 is 11.3 Å². The van der Waals surface area contributed by atoms with Crippen molar-refractivity contribution in [2.24, 2.45) is 0 Å². The second kappa shape index (κ2) is 4.71. The molecular formula is C12H14N2O2S. The zero-order valence-corrected chi connectivity index (χ0v) is 10.6. The van der Waals surface area contributed by atoms with E-state index in [2.05, 4.69) is 18.0 Å². The summed E-state index contributed by atoms with van der Waals surface area (Å²) in [6.07, 6.45) is 2.61. The number of hydrogen-bond acceptors (Lipinski definition) is 3. The monoisotopic (exact) mass is 250 g/mol. The Hall–Kier alpha value is -1.62. The summed E-state index contributed by atoms with van der Waals surface area (Å²) in [5, 5.41) is 0. The van der Waals surface area contributed by atoms with Gasteiger partial charge in [-0.1, -0.05) is 6.92 Å². The third-order valence-electron chi connectivity index (χ3n) is 2.58. The molecule has 0 aromatic carbocycles. The molecule has 2 aromatic rings. The van der Waals surface area contributed by atoms with Gasteiger partial charge in [-0.05, 0) is 25.5 Å². The Morgan fingerprint density at radius 3 is 2.65 bits per heavy atom. The molecule has 2 rings (SSSR count). The predicted molar refractivity (Wildman–Crippen MR) is 68.9 cm³/mol. The number of rotatable bonds is 3. The molecule has 17 heavy (non-hydrogen) atoms. The van der Waals surface area contributed by atoms with Gasteiger partial charge >= 0.3 is 5.69 Å². The van der Waals surface area contributed by atoms with Crippen molar-refractivity contribution < 1.29 is 0 Å². The Morgan fingerprint density at radius 1 is 1.29 bits per heavy atom. The minimum absolute atomic E-state index is 0.313. The first-order valence-corrected chi connectivity index (χ1v) is 6.29. The lowest BCUT2D eigenvalue weighted by Crippen LogP contribution is -2.30. The van der Waals surface area contributed by atoms with Gasteiger partial charge < -0.3 is 0 Å². The highest BCUT2D eigenvalue weighted by Gasteiger charge is 2.04. The van der Waals surface area contributed by atoms with Gasteiger partial charge in [0, 0.05) is 21.5 Å². The number of thiophene rings is 1. The molecule has 0 aliphatic rings. The van der Waals surface area contributed by atoms with E-state index in [4.69, 9.17) is 0 Å². The van der Waals surface area contributed by atoms with Crippen LogP contribution in [-0.4, -0.2) is 9.55 Å². The lowest BCUT2D eigenvalue weighted by atomic mass is 10.3. The van der Waals surface area contributed by atoms with E-state index in [1.807, 2.05) is 6.07 Å². The van der Waals surface area contributed by atoms with Crippen LogP contribution in [0.15, 0.2) is 27.9 Å². The lowest BCUT2D eigenvalue weighted by molar-refractivity contribution is 0.721. The fourth-order valence-electron chi connectivity index (χ4n) is 1.60. The number of nitrogens with zero attached hydrogens (tertiary/aromatic N) is 1. The van der Waals surface area contributed by atoms with Crippen molar-refractivity contribution in [3.63, 3.8) is 0 Å². The molecule has 0 saturated carbocycles. The molecule has 0 unspecified atom stereocenters. The summed E-state index contributed by atoms with van der Waals surface area (Å²) in [4.78, 5) is 27.5. The van der Waals surface area contributed by atoms with Crippen LogP contribution in [0.2, 0.25) is 0 Å². The number of aromatic nitrogens is 2. The van der Waals surface area contributed by atoms with E-state index < -0.39 is 0 Å². The quantitative estimate of drug-likeness (QED) is 0.898. The molecule has 0 radical (unpaired) electrons. The summed E-state index contributed by atoms with van der Waals surface area (Å²) in [7, 11) is 0. The highest BCUT2D eigenvalue weighted by atomic mass is 32.1. The molecule has 0 atom stereocenters. The van der Waals surface area contributed by atoms with E-state index >= 15 is 0 Å². The van der Waals surface area contributed by atoms with Crippen LogP contribution in [-0.2, 0) is 13.0 Å². The predicted octanol–water partition coefficient (Wildman–Crippen LogP) is 1.52. The molecule has 90 valence electrons. The van der Waals surface area contributed by atoms with E-state index in [0.717, 1.165) is 11.3 Å². The molecular weight excluding hydrogens is 236 g/mol. The van der Waals surface area contributed by atoms with Crippen molar-refractivity contribution in [1.29, 1.82) is 0 Å². The van der Waals surface area contributed by atoms with Crippen LogP contribution in [0, 0.1) is 6.92 Å². The van der Waals surface area contributed by atoms with Gasteiger partial charge in [0.2, 0.25) is 0 Å². The van der Waals surface area contributed by atoms with Gasteiger partial charge in [0.25, 0.3) is 5.56 Å². The third-order valence-corrected chi connectivity index (χ3v) is 3.80. The smallest absolute Gasteiger partial charge is 0.295 e. The Morgan fingerprint density at radius 2 is 2.00 bits per heavy atom. The molecule has 0 bridgehead atoms. The molecule has 1 N–H and O–H groups in total. The highest BCUT2D eigenvalue weighted by Crippen LogP contribution is 2.17. The highest BCUT2D eigenvalue weighted by molar-refractivity contribution is 7.11. The van der Waals surface area contributed by atoms with E-state index in [9.17, 15) is 9.59 Å². The number of aromatic amines is 1. The maximum Gasteiger partial charge on any atom is 0.328 e. The van der Waals surface area contributed by atoms with Gasteiger partial charge in [-0.2, -0.15) is 0 Å². The molecule has 2 heterocycles. The molecule has 4 nitrogen and oxygen atoms in total. The normalized spacial score (nSPS) is 10.7. The van der Waals surface area contributed by atoms with E-state index in [1.54, 1.807) is 24.5 Å². The summed E-state index contributed by atoms with van der Waals surface area (Å²) in [5.74, 6) is 0. The van der Waals surface area contributed by atoms with Crippen molar-refractivity contribution in [3.8, 4) is 0 Å². The van der Waals surface area contributed by atoms with Crippen LogP contribution in [0.4, 0.5) is 0 Å². The fourth-order valence-corrected chi connectivity index (χ4v) is 2.56. The fraction of sp³-hybridized carbons (Fsp3) is 0.333. The van der Waals surface area contributed by atoms with Crippen LogP contribution < -0.4 is 11.2 Å². The molecule has 0 amide bonds. The van der Waals surface area contributed by atoms with Crippen LogP contribution in [0.1, 0.15) is 22.2 Å². The minimum Gasteiger partial charge on any atom is -0.295 e. The molecule has 2 aromatic heterocycles. The summed E-state index contributed by atoms with van der Waals surface area (Å²) in [6.45, 7) is 4.31. The Balaban J connectivity index is 2.33. The van der Waals surface area contributed by atoms with E-state index in [-0.39, 0.29) is 11.2 Å². The standard InChI is InChI=1S/C12H14N2O2S/c1-3-9-4-5-10(17-9)7-14-6-8(2)11(15)13-12(14)16/h4-6H,3,7H2,1-2H3,(H,13,15,16). The van der Waals surface area contributed by atoms with Crippen molar-refractivity contribution in [3.05, 3.63) is 54.5 Å². The topological polar surface area (TPSA) is 54.9 Å². The first-order chi connectivity index (χ1) is 8.10. The number of H-pyrrole nitrogens is 1. The van der Waals surface area contributed by atoms with Gasteiger partial charge in [0.1, 0.15) is 0 Å². The van der Waals surface area contributed by atoms with Gasteiger partial charge in [-0.3, -0.25) is 14.3 Å². The van der Waals surface area contributed by atoms with Crippen LogP contribution >= 0.6 is 11.3 Å². The average Bonchev–Trinajstić information content (AvgIpc) is 2.73. The summed E-state index contributed by atoms with van der Waals surface area (Å²) in [6, 6.07) is 4.10. The van der Waals surface area contributed by atoms with E-state index in [0.29, 0.717) is 12.1 Å². The van der Waals surface area contributed by atoms with Crippen LogP contribution in [0.5, 0.6) is 0 Å². The largest absolute Gasteiger partial charge is 0.328 e. The molecule has 0 spiro atoms. The molecule has 0 aliphatic carbocycles. The lowest BCUT2D eigenvalue weighted by Gasteiger charge is -2.03. The average molecular weight is 250 g/mol. The Kier molecular flexibility index (Phi) is 3.28. The van der Waals surface area contributed by atoms with E-state index in [1.165, 1.54) is 9.44 Å². The summed E-state index contributed by atoms with van der Waals surface area (Å²) < 4.78 is 1.53. The molecule has 0 aliphatic heterocycles. The first kappa shape index (κ1) is 11.9. The van der Waals surface area contributed by atoms with Gasteiger partial charge in [-0.25, -0.2) is 4.79 Å². The first-order valence-electron chi connectivity index (χ1n) is 5.48. The Labute approximate surface area is 103 Å². The van der Waals surface area contributed by atoms with Crippen molar-refractivity contribution in [2.45, 2.75) is 26.8 Å². The Bertz CT molecular complexity index is 636. The number of nitrogens with one attached hydrogen (secondary N) is 1. The van der Waals surface area contributed by atoms with Crippen molar-refractivity contribution in [2.75, 3.05) is 0 Å². The second-order valence-corrected chi connectivity index (χ2v) is 5.17.